The molecule has 1 aliphatic carbocycles. The lowest BCUT2D eigenvalue weighted by atomic mass is 9.82. The Morgan fingerprint density at radius 1 is 1.18 bits per heavy atom. The number of nitrogens with zero attached hydrogens (tertiary/aromatic N) is 2. The molecule has 0 fully saturated rings. The first kappa shape index (κ1) is 23.3. The molecule has 2 atom stereocenters. The number of benzene rings is 1. The fourth-order valence-corrected chi connectivity index (χ4v) is 5.37. The highest BCUT2D eigenvalue weighted by Gasteiger charge is 2.39. The molecule has 2 aromatic rings. The van der Waals surface area contributed by atoms with Crippen LogP contribution < -0.4 is 10.6 Å². The molecule has 1 aliphatic heterocycles. The van der Waals surface area contributed by atoms with E-state index in [4.69, 9.17) is 0 Å². The average Bonchev–Trinajstić information content (AvgIpc) is 3.28. The van der Waals surface area contributed by atoms with Crippen molar-refractivity contribution in [2.24, 2.45) is 5.92 Å². The third-order valence-electron chi connectivity index (χ3n) is 7.63. The van der Waals surface area contributed by atoms with Crippen LogP contribution in [0.1, 0.15) is 81.8 Å². The van der Waals surface area contributed by atoms with E-state index in [0.717, 1.165) is 43.5 Å². The summed E-state index contributed by atoms with van der Waals surface area (Å²) in [6, 6.07) is 8.94. The highest BCUT2D eigenvalue weighted by Crippen LogP contribution is 2.38. The molecule has 1 aromatic heterocycles. The Morgan fingerprint density at radius 3 is 2.52 bits per heavy atom. The van der Waals surface area contributed by atoms with Crippen molar-refractivity contribution >= 4 is 11.7 Å². The molecule has 0 saturated carbocycles. The SMILES string of the molecule is CCc1ccc(C(CC)(CC)NC(=O)c2cnn3c2N[C@@H](C2C=CC=CC2)CC3(C)C)cc1. The molecule has 5 nitrogen and oxygen atoms in total. The first-order valence-corrected chi connectivity index (χ1v) is 12.4. The van der Waals surface area contributed by atoms with Crippen molar-refractivity contribution in [3.05, 3.63) is 71.5 Å². The van der Waals surface area contributed by atoms with Crippen LogP contribution in [0.25, 0.3) is 0 Å². The summed E-state index contributed by atoms with van der Waals surface area (Å²) >= 11 is 0. The zero-order valence-electron chi connectivity index (χ0n) is 20.7. The fraction of sp³-hybridized carbons (Fsp3) is 0.500. The van der Waals surface area contributed by atoms with E-state index < -0.39 is 5.54 Å². The maximum atomic E-state index is 13.7. The van der Waals surface area contributed by atoms with Gasteiger partial charge in [-0.1, -0.05) is 69.3 Å². The molecular weight excluding hydrogens is 408 g/mol. The van der Waals surface area contributed by atoms with Gasteiger partial charge in [0, 0.05) is 12.0 Å². The van der Waals surface area contributed by atoms with Crippen molar-refractivity contribution < 1.29 is 4.79 Å². The van der Waals surface area contributed by atoms with Crippen molar-refractivity contribution in [1.29, 1.82) is 0 Å². The summed E-state index contributed by atoms with van der Waals surface area (Å²) in [5.74, 6) is 1.18. The van der Waals surface area contributed by atoms with Crippen molar-refractivity contribution in [2.45, 2.75) is 83.8 Å². The Hall–Kier alpha value is -2.82. The van der Waals surface area contributed by atoms with Crippen molar-refractivity contribution in [3.63, 3.8) is 0 Å². The van der Waals surface area contributed by atoms with Crippen molar-refractivity contribution in [3.8, 4) is 0 Å². The number of carbonyl (C=O) groups excluding carboxylic acids is 1. The number of aryl methyl sites for hydroxylation is 1. The van der Waals surface area contributed by atoms with Gasteiger partial charge in [0.15, 0.2) is 0 Å². The van der Waals surface area contributed by atoms with E-state index in [0.29, 0.717) is 11.5 Å². The lowest BCUT2D eigenvalue weighted by Gasteiger charge is -2.41. The third kappa shape index (κ3) is 4.38. The van der Waals surface area contributed by atoms with Gasteiger partial charge in [-0.25, -0.2) is 4.68 Å². The van der Waals surface area contributed by atoms with E-state index in [9.17, 15) is 4.79 Å². The van der Waals surface area contributed by atoms with E-state index in [1.165, 1.54) is 5.56 Å². The Bertz CT molecular complexity index is 1040. The maximum absolute atomic E-state index is 13.7. The number of nitrogens with one attached hydrogen (secondary N) is 2. The average molecular weight is 447 g/mol. The number of rotatable bonds is 7. The van der Waals surface area contributed by atoms with E-state index in [-0.39, 0.29) is 17.5 Å². The standard InChI is InChI=1S/C28H38N4O/c1-6-20-14-16-22(17-15-20)28(7-2,8-3)31-26(33)23-19-29-32-25(23)30-24(18-27(32,4)5)21-12-10-9-11-13-21/h9-12,14-17,19,21,24,30H,6-8,13,18H2,1-5H3,(H,31,33)/t21?,24-/m1/s1. The quantitative estimate of drug-likeness (QED) is 0.553. The normalized spacial score (nSPS) is 21.4. The van der Waals surface area contributed by atoms with Crippen LogP contribution in [0.15, 0.2) is 54.8 Å². The van der Waals surface area contributed by atoms with Crippen LogP contribution in [-0.2, 0) is 17.5 Å². The minimum atomic E-state index is -0.404. The Kier molecular flexibility index (Phi) is 6.51. The van der Waals surface area contributed by atoms with Gasteiger partial charge >= 0.3 is 0 Å². The number of amides is 1. The molecule has 4 rings (SSSR count). The molecule has 1 aromatic carbocycles. The van der Waals surface area contributed by atoms with Gasteiger partial charge in [-0.3, -0.25) is 4.79 Å². The number of carbonyl (C=O) groups is 1. The second-order valence-electron chi connectivity index (χ2n) is 10.1. The van der Waals surface area contributed by atoms with Crippen LogP contribution in [0.4, 0.5) is 5.82 Å². The van der Waals surface area contributed by atoms with E-state index in [1.807, 2.05) is 4.68 Å². The molecule has 33 heavy (non-hydrogen) atoms. The fourth-order valence-electron chi connectivity index (χ4n) is 5.37. The molecule has 1 amide bonds. The van der Waals surface area contributed by atoms with Crippen LogP contribution in [0.5, 0.6) is 0 Å². The van der Waals surface area contributed by atoms with E-state index in [2.05, 4.69) is 98.9 Å². The lowest BCUT2D eigenvalue weighted by molar-refractivity contribution is 0.0889. The number of hydrogen-bond acceptors (Lipinski definition) is 3. The molecule has 2 heterocycles. The lowest BCUT2D eigenvalue weighted by Crippen LogP contribution is -2.47. The molecule has 0 radical (unpaired) electrons. The van der Waals surface area contributed by atoms with Crippen molar-refractivity contribution in [2.75, 3.05) is 5.32 Å². The number of hydrogen-bond donors (Lipinski definition) is 2. The topological polar surface area (TPSA) is 59.0 Å². The summed E-state index contributed by atoms with van der Waals surface area (Å²) in [6.45, 7) is 10.9. The van der Waals surface area contributed by atoms with Crippen LogP contribution in [0.3, 0.4) is 0 Å². The van der Waals surface area contributed by atoms with Crippen LogP contribution in [-0.4, -0.2) is 21.7 Å². The first-order chi connectivity index (χ1) is 15.8. The van der Waals surface area contributed by atoms with Gasteiger partial charge in [-0.05, 0) is 57.1 Å². The number of aromatic nitrogens is 2. The van der Waals surface area contributed by atoms with Gasteiger partial charge in [0.25, 0.3) is 5.91 Å². The molecule has 2 N–H and O–H groups in total. The van der Waals surface area contributed by atoms with Gasteiger partial charge in [0.05, 0.1) is 17.3 Å². The Balaban J connectivity index is 1.63. The van der Waals surface area contributed by atoms with Gasteiger partial charge in [-0.2, -0.15) is 5.10 Å². The molecule has 0 spiro atoms. The molecule has 1 unspecified atom stereocenters. The van der Waals surface area contributed by atoms with Crippen LogP contribution >= 0.6 is 0 Å². The van der Waals surface area contributed by atoms with E-state index >= 15 is 0 Å². The highest BCUT2D eigenvalue weighted by molar-refractivity contribution is 5.99. The molecule has 176 valence electrons. The maximum Gasteiger partial charge on any atom is 0.257 e. The van der Waals surface area contributed by atoms with Gasteiger partial charge in [0.1, 0.15) is 11.4 Å². The minimum absolute atomic E-state index is 0.0671. The molecule has 0 saturated heterocycles. The van der Waals surface area contributed by atoms with Gasteiger partial charge in [-0.15, -0.1) is 0 Å². The van der Waals surface area contributed by atoms with Crippen molar-refractivity contribution in [1.82, 2.24) is 15.1 Å². The predicted octanol–water partition coefficient (Wildman–Crippen LogP) is 5.94. The zero-order valence-corrected chi connectivity index (χ0v) is 20.7. The summed E-state index contributed by atoms with van der Waals surface area (Å²) in [5, 5.41) is 11.7. The Morgan fingerprint density at radius 2 is 1.91 bits per heavy atom. The highest BCUT2D eigenvalue weighted by atomic mass is 16.1. The summed E-state index contributed by atoms with van der Waals surface area (Å²) in [4.78, 5) is 13.7. The molecule has 5 heteroatoms. The zero-order chi connectivity index (χ0) is 23.6. The summed E-state index contributed by atoms with van der Waals surface area (Å²) in [6.07, 6.45) is 15.1. The number of fused-ring (bicyclic) bond motifs is 1. The van der Waals surface area contributed by atoms with Gasteiger partial charge < -0.3 is 10.6 Å². The number of allylic oxidation sites excluding steroid dienone is 3. The Labute approximate surface area is 198 Å². The molecular formula is C28H38N4O. The van der Waals surface area contributed by atoms with Crippen LogP contribution in [0, 0.1) is 5.92 Å². The first-order valence-electron chi connectivity index (χ1n) is 12.4. The minimum Gasteiger partial charge on any atom is -0.366 e. The van der Waals surface area contributed by atoms with E-state index in [1.54, 1.807) is 6.20 Å². The predicted molar refractivity (Wildman–Crippen MR) is 136 cm³/mol. The summed E-state index contributed by atoms with van der Waals surface area (Å²) in [5.41, 5.74) is 2.52. The second kappa shape index (κ2) is 9.20. The summed E-state index contributed by atoms with van der Waals surface area (Å²) < 4.78 is 2.00. The molecule has 2 aliphatic rings. The smallest absolute Gasteiger partial charge is 0.257 e. The molecule has 0 bridgehead atoms. The van der Waals surface area contributed by atoms with Gasteiger partial charge in [0.2, 0.25) is 0 Å². The van der Waals surface area contributed by atoms with Crippen LogP contribution in [0.2, 0.25) is 0 Å². The number of anilines is 1. The largest absolute Gasteiger partial charge is 0.366 e. The summed E-state index contributed by atoms with van der Waals surface area (Å²) in [7, 11) is 0. The second-order valence-corrected chi connectivity index (χ2v) is 10.1. The monoisotopic (exact) mass is 446 g/mol. The third-order valence-corrected chi connectivity index (χ3v) is 7.63.